The summed E-state index contributed by atoms with van der Waals surface area (Å²) in [4.78, 5) is 3.42. The van der Waals surface area contributed by atoms with Gasteiger partial charge in [0.1, 0.15) is 0 Å². The van der Waals surface area contributed by atoms with Crippen molar-refractivity contribution in [2.24, 2.45) is 7.05 Å². The molecule has 0 amide bonds. The largest absolute Gasteiger partial charge is 0.417 e. The zero-order chi connectivity index (χ0) is 16.5. The van der Waals surface area contributed by atoms with Crippen molar-refractivity contribution in [3.05, 3.63) is 41.9 Å². The molecule has 0 atom stereocenters. The molecule has 6 nitrogen and oxygen atoms in total. The van der Waals surface area contributed by atoms with E-state index in [1.807, 2.05) is 0 Å². The van der Waals surface area contributed by atoms with Crippen LogP contribution in [0.3, 0.4) is 0 Å². The summed E-state index contributed by atoms with van der Waals surface area (Å²) in [5.74, 6) is 0. The van der Waals surface area contributed by atoms with Gasteiger partial charge in [-0.15, -0.1) is 0 Å². The van der Waals surface area contributed by atoms with Crippen molar-refractivity contribution < 1.29 is 21.6 Å². The summed E-state index contributed by atoms with van der Waals surface area (Å²) in [6.45, 7) is 0.0293. The Kier molecular flexibility index (Phi) is 4.25. The lowest BCUT2D eigenvalue weighted by atomic mass is 10.3. The summed E-state index contributed by atoms with van der Waals surface area (Å²) in [5.41, 5.74) is -0.362. The molecule has 2 aromatic heterocycles. The quantitative estimate of drug-likeness (QED) is 0.853. The lowest BCUT2D eigenvalue weighted by Gasteiger charge is -2.17. The Labute approximate surface area is 125 Å². The van der Waals surface area contributed by atoms with Crippen molar-refractivity contribution in [3.8, 4) is 0 Å². The van der Waals surface area contributed by atoms with Gasteiger partial charge in [-0.3, -0.25) is 4.68 Å². The fourth-order valence-electron chi connectivity index (χ4n) is 1.73. The number of sulfonamides is 1. The van der Waals surface area contributed by atoms with Gasteiger partial charge in [0.05, 0.1) is 17.8 Å². The summed E-state index contributed by atoms with van der Waals surface area (Å²) >= 11 is 0. The SMILES string of the molecule is CN(Cc1ccnn1C)S(=O)(=O)c1ccc(C(F)(F)F)cn1. The van der Waals surface area contributed by atoms with Crippen molar-refractivity contribution >= 4 is 10.0 Å². The first-order valence-electron chi connectivity index (χ1n) is 6.09. The van der Waals surface area contributed by atoms with Crippen LogP contribution in [-0.2, 0) is 29.8 Å². The molecular weight excluding hydrogens is 321 g/mol. The van der Waals surface area contributed by atoms with E-state index in [9.17, 15) is 21.6 Å². The average Bonchev–Trinajstić information content (AvgIpc) is 2.83. The number of hydrogen-bond donors (Lipinski definition) is 0. The second kappa shape index (κ2) is 5.69. The van der Waals surface area contributed by atoms with Gasteiger partial charge in [0.15, 0.2) is 5.03 Å². The van der Waals surface area contributed by atoms with Crippen LogP contribution in [0.2, 0.25) is 0 Å². The van der Waals surface area contributed by atoms with E-state index in [1.165, 1.54) is 17.9 Å². The lowest BCUT2D eigenvalue weighted by Crippen LogP contribution is -2.28. The molecule has 0 bridgehead atoms. The predicted molar refractivity (Wildman–Crippen MR) is 71.1 cm³/mol. The van der Waals surface area contributed by atoms with Crippen LogP contribution in [0.4, 0.5) is 13.2 Å². The van der Waals surface area contributed by atoms with Gasteiger partial charge >= 0.3 is 6.18 Å². The number of halogens is 3. The van der Waals surface area contributed by atoms with Crippen LogP contribution in [0.25, 0.3) is 0 Å². The molecule has 0 aliphatic heterocycles. The maximum absolute atomic E-state index is 12.5. The van der Waals surface area contributed by atoms with Gasteiger partial charge in [-0.2, -0.15) is 22.6 Å². The van der Waals surface area contributed by atoms with E-state index in [1.54, 1.807) is 13.1 Å². The van der Waals surface area contributed by atoms with Gasteiger partial charge < -0.3 is 0 Å². The molecule has 0 aliphatic carbocycles. The maximum Gasteiger partial charge on any atom is 0.417 e. The molecule has 0 saturated carbocycles. The van der Waals surface area contributed by atoms with Crippen LogP contribution in [0.15, 0.2) is 35.6 Å². The normalized spacial score (nSPS) is 12.8. The van der Waals surface area contributed by atoms with E-state index in [-0.39, 0.29) is 6.54 Å². The molecule has 2 rings (SSSR count). The van der Waals surface area contributed by atoms with Gasteiger partial charge in [0.25, 0.3) is 10.0 Å². The fourth-order valence-corrected chi connectivity index (χ4v) is 2.78. The van der Waals surface area contributed by atoms with E-state index in [0.29, 0.717) is 18.0 Å². The summed E-state index contributed by atoms with van der Waals surface area (Å²) in [7, 11) is -1.00. The minimum Gasteiger partial charge on any atom is -0.271 e. The van der Waals surface area contributed by atoms with Crippen LogP contribution >= 0.6 is 0 Å². The average molecular weight is 334 g/mol. The van der Waals surface area contributed by atoms with E-state index in [2.05, 4.69) is 10.1 Å². The zero-order valence-electron chi connectivity index (χ0n) is 11.7. The summed E-state index contributed by atoms with van der Waals surface area (Å²) in [5, 5.41) is 3.48. The first-order valence-corrected chi connectivity index (χ1v) is 7.53. The van der Waals surface area contributed by atoms with Gasteiger partial charge in [0, 0.05) is 26.5 Å². The van der Waals surface area contributed by atoms with E-state index in [0.717, 1.165) is 10.4 Å². The number of alkyl halides is 3. The van der Waals surface area contributed by atoms with Gasteiger partial charge in [-0.1, -0.05) is 0 Å². The minimum absolute atomic E-state index is 0.0293. The molecule has 0 spiro atoms. The Morgan fingerprint density at radius 2 is 1.95 bits per heavy atom. The molecular formula is C12H13F3N4O2S. The first kappa shape index (κ1) is 16.4. The number of hydrogen-bond acceptors (Lipinski definition) is 4. The molecule has 10 heteroatoms. The first-order chi connectivity index (χ1) is 10.1. The second-order valence-electron chi connectivity index (χ2n) is 4.59. The van der Waals surface area contributed by atoms with E-state index in [4.69, 9.17) is 0 Å². The summed E-state index contributed by atoms with van der Waals surface area (Å²) in [6.07, 6.45) is -2.53. The number of rotatable bonds is 4. The van der Waals surface area contributed by atoms with Crippen LogP contribution in [-0.4, -0.2) is 34.5 Å². The van der Waals surface area contributed by atoms with Gasteiger partial charge in [-0.05, 0) is 18.2 Å². The lowest BCUT2D eigenvalue weighted by molar-refractivity contribution is -0.137. The highest BCUT2D eigenvalue weighted by atomic mass is 32.2. The molecule has 0 radical (unpaired) electrons. The second-order valence-corrected chi connectivity index (χ2v) is 6.58. The number of aryl methyl sites for hydroxylation is 1. The van der Waals surface area contributed by atoms with Crippen LogP contribution < -0.4 is 0 Å². The van der Waals surface area contributed by atoms with E-state index < -0.39 is 26.8 Å². The van der Waals surface area contributed by atoms with Crippen LogP contribution in [0.5, 0.6) is 0 Å². The topological polar surface area (TPSA) is 68.1 Å². The number of nitrogens with zero attached hydrogens (tertiary/aromatic N) is 4. The predicted octanol–water partition coefficient (Wildman–Crippen LogP) is 1.65. The molecule has 22 heavy (non-hydrogen) atoms. The van der Waals surface area contributed by atoms with Crippen LogP contribution in [0.1, 0.15) is 11.3 Å². The Hall–Kier alpha value is -1.94. The van der Waals surface area contributed by atoms with Crippen LogP contribution in [0, 0.1) is 0 Å². The Morgan fingerprint density at radius 1 is 1.27 bits per heavy atom. The highest BCUT2D eigenvalue weighted by molar-refractivity contribution is 7.89. The van der Waals surface area contributed by atoms with Gasteiger partial charge in [0.2, 0.25) is 0 Å². The van der Waals surface area contributed by atoms with Crippen molar-refractivity contribution in [1.29, 1.82) is 0 Å². The van der Waals surface area contributed by atoms with Crippen molar-refractivity contribution in [3.63, 3.8) is 0 Å². The molecule has 0 unspecified atom stereocenters. The standard InChI is InChI=1S/C12H13F3N4O2S/c1-18(8-10-5-6-17-19(10)2)22(20,21)11-4-3-9(7-16-11)12(13,14)15/h3-7H,8H2,1-2H3. The Balaban J connectivity index is 2.24. The molecule has 0 aliphatic rings. The third kappa shape index (κ3) is 3.28. The maximum atomic E-state index is 12.5. The third-order valence-electron chi connectivity index (χ3n) is 3.05. The molecule has 0 N–H and O–H groups in total. The smallest absolute Gasteiger partial charge is 0.271 e. The zero-order valence-corrected chi connectivity index (χ0v) is 12.6. The monoisotopic (exact) mass is 334 g/mol. The molecule has 2 aromatic rings. The van der Waals surface area contributed by atoms with Gasteiger partial charge in [-0.25, -0.2) is 13.4 Å². The summed E-state index contributed by atoms with van der Waals surface area (Å²) < 4.78 is 64.5. The van der Waals surface area contributed by atoms with Crippen molar-refractivity contribution in [2.75, 3.05) is 7.05 Å². The third-order valence-corrected chi connectivity index (χ3v) is 4.77. The highest BCUT2D eigenvalue weighted by Gasteiger charge is 2.32. The number of pyridine rings is 1. The van der Waals surface area contributed by atoms with Crippen molar-refractivity contribution in [2.45, 2.75) is 17.7 Å². The molecule has 0 saturated heterocycles. The Morgan fingerprint density at radius 3 is 2.41 bits per heavy atom. The number of aromatic nitrogens is 3. The molecule has 0 fully saturated rings. The minimum atomic E-state index is -4.56. The Bertz CT molecular complexity index is 753. The molecule has 0 aromatic carbocycles. The molecule has 2 heterocycles. The summed E-state index contributed by atoms with van der Waals surface area (Å²) in [6, 6.07) is 3.18. The highest BCUT2D eigenvalue weighted by Crippen LogP contribution is 2.29. The van der Waals surface area contributed by atoms with Crippen molar-refractivity contribution in [1.82, 2.24) is 19.1 Å². The fraction of sp³-hybridized carbons (Fsp3) is 0.333. The van der Waals surface area contributed by atoms with E-state index >= 15 is 0 Å². The molecule has 120 valence electrons.